The Morgan fingerprint density at radius 2 is 1.80 bits per heavy atom. The molecule has 10 heteroatoms. The molecule has 1 aromatic rings. The first-order valence-corrected chi connectivity index (χ1v) is 9.66. The quantitative estimate of drug-likeness (QED) is 0.708. The standard InChI is InChI=1S/C15H20N4O5S/c1-17(2)15(22)19-7-6-18(10-8-25(23,24)9-11(10)19)14(21)13-12(20)4-3-5-16-13/h3-5,10-11,20H,6-9H2,1-2H3/t10-,11+/m0/s1. The monoisotopic (exact) mass is 368 g/mol. The second-order valence-corrected chi connectivity index (χ2v) is 8.61. The molecule has 3 amide bonds. The molecule has 9 nitrogen and oxygen atoms in total. The maximum Gasteiger partial charge on any atom is 0.319 e. The van der Waals surface area contributed by atoms with Crippen molar-refractivity contribution in [2.24, 2.45) is 0 Å². The number of carbonyl (C=O) groups excluding carboxylic acids is 2. The molecule has 136 valence electrons. The molecule has 0 radical (unpaired) electrons. The van der Waals surface area contributed by atoms with Crippen LogP contribution in [0.4, 0.5) is 4.79 Å². The molecule has 1 N–H and O–H groups in total. The van der Waals surface area contributed by atoms with Crippen molar-refractivity contribution in [3.05, 3.63) is 24.0 Å². The van der Waals surface area contributed by atoms with E-state index in [-0.39, 0.29) is 42.1 Å². The number of aromatic nitrogens is 1. The van der Waals surface area contributed by atoms with E-state index in [4.69, 9.17) is 0 Å². The van der Waals surface area contributed by atoms with Crippen LogP contribution >= 0.6 is 0 Å². The fraction of sp³-hybridized carbons (Fsp3) is 0.533. The van der Waals surface area contributed by atoms with Gasteiger partial charge in [0.05, 0.1) is 23.6 Å². The normalized spacial score (nSPS) is 24.7. The van der Waals surface area contributed by atoms with Crippen molar-refractivity contribution in [3.8, 4) is 5.75 Å². The van der Waals surface area contributed by atoms with Crippen LogP contribution in [0.25, 0.3) is 0 Å². The molecule has 0 spiro atoms. The number of amides is 3. The highest BCUT2D eigenvalue weighted by atomic mass is 32.2. The lowest BCUT2D eigenvalue weighted by Gasteiger charge is -2.44. The number of hydrogen-bond donors (Lipinski definition) is 1. The zero-order valence-electron chi connectivity index (χ0n) is 14.0. The molecular formula is C15H20N4O5S. The maximum atomic E-state index is 12.8. The minimum atomic E-state index is -3.37. The van der Waals surface area contributed by atoms with E-state index in [9.17, 15) is 23.1 Å². The zero-order valence-corrected chi connectivity index (χ0v) is 14.8. The number of nitrogens with zero attached hydrogens (tertiary/aromatic N) is 4. The molecule has 0 aromatic carbocycles. The van der Waals surface area contributed by atoms with Gasteiger partial charge in [-0.05, 0) is 12.1 Å². The molecule has 25 heavy (non-hydrogen) atoms. The highest BCUT2D eigenvalue weighted by Gasteiger charge is 2.50. The topological polar surface area (TPSA) is 111 Å². The number of urea groups is 1. The Hall–Kier alpha value is -2.36. The fourth-order valence-corrected chi connectivity index (χ4v) is 5.38. The fourth-order valence-electron chi connectivity index (χ4n) is 3.40. The SMILES string of the molecule is CN(C)C(=O)N1CCN(C(=O)c2ncccc2O)[C@H]2CS(=O)(=O)C[C@H]21. The molecule has 0 aliphatic carbocycles. The molecule has 2 atom stereocenters. The first-order valence-electron chi connectivity index (χ1n) is 7.84. The van der Waals surface area contributed by atoms with Gasteiger partial charge >= 0.3 is 6.03 Å². The van der Waals surface area contributed by atoms with Gasteiger partial charge in [-0.1, -0.05) is 0 Å². The summed E-state index contributed by atoms with van der Waals surface area (Å²) >= 11 is 0. The number of piperazine rings is 1. The van der Waals surface area contributed by atoms with Crippen LogP contribution in [-0.2, 0) is 9.84 Å². The van der Waals surface area contributed by atoms with E-state index in [1.54, 1.807) is 14.1 Å². The molecule has 2 aliphatic rings. The summed E-state index contributed by atoms with van der Waals surface area (Å²) in [6.07, 6.45) is 1.39. The van der Waals surface area contributed by atoms with Crippen LogP contribution in [-0.4, -0.2) is 95.9 Å². The zero-order chi connectivity index (χ0) is 18.4. The molecule has 2 aliphatic heterocycles. The van der Waals surface area contributed by atoms with Gasteiger partial charge in [0, 0.05) is 33.4 Å². The lowest BCUT2D eigenvalue weighted by atomic mass is 10.0. The second-order valence-electron chi connectivity index (χ2n) is 6.45. The van der Waals surface area contributed by atoms with Crippen molar-refractivity contribution in [1.82, 2.24) is 19.7 Å². The van der Waals surface area contributed by atoms with Crippen molar-refractivity contribution in [3.63, 3.8) is 0 Å². The summed E-state index contributed by atoms with van der Waals surface area (Å²) in [6.45, 7) is 0.415. The van der Waals surface area contributed by atoms with Gasteiger partial charge in [0.15, 0.2) is 15.5 Å². The van der Waals surface area contributed by atoms with Gasteiger partial charge in [-0.25, -0.2) is 18.2 Å². The first kappa shape index (κ1) is 17.5. The minimum Gasteiger partial charge on any atom is -0.505 e. The lowest BCUT2D eigenvalue weighted by Crippen LogP contribution is -2.63. The summed E-state index contributed by atoms with van der Waals surface area (Å²) in [5.74, 6) is -1.15. The Labute approximate surface area is 145 Å². The van der Waals surface area contributed by atoms with E-state index in [1.807, 2.05) is 0 Å². The smallest absolute Gasteiger partial charge is 0.319 e. The van der Waals surface area contributed by atoms with E-state index in [0.717, 1.165) is 0 Å². The molecule has 0 unspecified atom stereocenters. The Bertz CT molecular complexity index is 810. The number of pyridine rings is 1. The molecule has 2 saturated heterocycles. The van der Waals surface area contributed by atoms with Gasteiger partial charge in [-0.15, -0.1) is 0 Å². The van der Waals surface area contributed by atoms with Gasteiger partial charge in [0.2, 0.25) is 0 Å². The van der Waals surface area contributed by atoms with Crippen LogP contribution in [0.1, 0.15) is 10.5 Å². The number of aromatic hydroxyl groups is 1. The Balaban J connectivity index is 1.93. The van der Waals surface area contributed by atoms with Crippen LogP contribution in [0, 0.1) is 0 Å². The predicted octanol–water partition coefficient (Wildman–Crippen LogP) is -0.608. The van der Waals surface area contributed by atoms with Crippen LogP contribution in [0.2, 0.25) is 0 Å². The van der Waals surface area contributed by atoms with E-state index >= 15 is 0 Å². The third kappa shape index (κ3) is 3.13. The Morgan fingerprint density at radius 1 is 1.20 bits per heavy atom. The molecule has 2 fully saturated rings. The van der Waals surface area contributed by atoms with Crippen LogP contribution < -0.4 is 0 Å². The molecular weight excluding hydrogens is 348 g/mol. The summed E-state index contributed by atoms with van der Waals surface area (Å²) in [7, 11) is -0.166. The highest BCUT2D eigenvalue weighted by Crippen LogP contribution is 2.29. The third-order valence-corrected chi connectivity index (χ3v) is 6.25. The van der Waals surface area contributed by atoms with E-state index in [2.05, 4.69) is 4.98 Å². The number of fused-ring (bicyclic) bond motifs is 1. The number of carbonyl (C=O) groups is 2. The van der Waals surface area contributed by atoms with Gasteiger partial charge in [0.25, 0.3) is 5.91 Å². The first-order chi connectivity index (χ1) is 11.7. The van der Waals surface area contributed by atoms with E-state index in [1.165, 1.54) is 33.0 Å². The number of sulfone groups is 1. The van der Waals surface area contributed by atoms with Gasteiger partial charge < -0.3 is 19.8 Å². The maximum absolute atomic E-state index is 12.8. The van der Waals surface area contributed by atoms with Gasteiger partial charge in [0.1, 0.15) is 5.75 Å². The van der Waals surface area contributed by atoms with Crippen LogP contribution in [0.3, 0.4) is 0 Å². The summed E-state index contributed by atoms with van der Waals surface area (Å²) < 4.78 is 24.3. The summed E-state index contributed by atoms with van der Waals surface area (Å²) in [4.78, 5) is 33.4. The largest absolute Gasteiger partial charge is 0.505 e. The van der Waals surface area contributed by atoms with Crippen molar-refractivity contribution >= 4 is 21.8 Å². The van der Waals surface area contributed by atoms with E-state index in [0.29, 0.717) is 0 Å². The number of hydrogen-bond acceptors (Lipinski definition) is 6. The van der Waals surface area contributed by atoms with Crippen molar-refractivity contribution in [1.29, 1.82) is 0 Å². The second kappa shape index (κ2) is 6.17. The summed E-state index contributed by atoms with van der Waals surface area (Å²) in [5.41, 5.74) is -0.113. The Kier molecular flexibility index (Phi) is 4.31. The van der Waals surface area contributed by atoms with Gasteiger partial charge in [-0.2, -0.15) is 0 Å². The summed E-state index contributed by atoms with van der Waals surface area (Å²) in [6, 6.07) is 1.34. The highest BCUT2D eigenvalue weighted by molar-refractivity contribution is 7.91. The molecule has 3 rings (SSSR count). The predicted molar refractivity (Wildman–Crippen MR) is 89.0 cm³/mol. The van der Waals surface area contributed by atoms with Crippen molar-refractivity contribution in [2.45, 2.75) is 12.1 Å². The molecule has 3 heterocycles. The minimum absolute atomic E-state index is 0.113. The third-order valence-electron chi connectivity index (χ3n) is 4.55. The van der Waals surface area contributed by atoms with Crippen LogP contribution in [0.5, 0.6) is 5.75 Å². The van der Waals surface area contributed by atoms with Crippen molar-refractivity contribution < 1.29 is 23.1 Å². The van der Waals surface area contributed by atoms with Gasteiger partial charge in [-0.3, -0.25) is 4.79 Å². The average molecular weight is 368 g/mol. The molecule has 1 aromatic heterocycles. The molecule has 0 bridgehead atoms. The van der Waals surface area contributed by atoms with Crippen molar-refractivity contribution in [2.75, 3.05) is 38.7 Å². The molecule has 0 saturated carbocycles. The van der Waals surface area contributed by atoms with E-state index < -0.39 is 27.8 Å². The Morgan fingerprint density at radius 3 is 2.40 bits per heavy atom. The van der Waals surface area contributed by atoms with Crippen LogP contribution in [0.15, 0.2) is 18.3 Å². The average Bonchev–Trinajstić information content (AvgIpc) is 2.87. The number of rotatable bonds is 1. The lowest BCUT2D eigenvalue weighted by molar-refractivity contribution is 0.0386. The summed E-state index contributed by atoms with van der Waals surface area (Å²) in [5, 5.41) is 9.87.